The summed E-state index contributed by atoms with van der Waals surface area (Å²) in [6.07, 6.45) is 4.15. The van der Waals surface area contributed by atoms with Crippen molar-refractivity contribution in [3.63, 3.8) is 0 Å². The van der Waals surface area contributed by atoms with Gasteiger partial charge in [-0.25, -0.2) is 4.98 Å². The average molecular weight is 289 g/mol. The van der Waals surface area contributed by atoms with E-state index in [9.17, 15) is 9.59 Å². The van der Waals surface area contributed by atoms with Crippen LogP contribution < -0.4 is 10.1 Å². The van der Waals surface area contributed by atoms with Crippen molar-refractivity contribution in [1.82, 2.24) is 15.2 Å². The first-order valence-corrected chi connectivity index (χ1v) is 7.22. The molecule has 0 aromatic carbocycles. The summed E-state index contributed by atoms with van der Waals surface area (Å²) in [7, 11) is 1.52. The topological polar surface area (TPSA) is 71.5 Å². The number of aromatic nitrogens is 1. The minimum atomic E-state index is -0.384. The Bertz CT molecular complexity index is 575. The van der Waals surface area contributed by atoms with Gasteiger partial charge in [-0.1, -0.05) is 0 Å². The molecule has 2 aliphatic rings. The fraction of sp³-hybridized carbons (Fsp3) is 0.533. The lowest BCUT2D eigenvalue weighted by molar-refractivity contribution is -0.132. The third-order valence-corrected chi connectivity index (χ3v) is 4.43. The van der Waals surface area contributed by atoms with Crippen molar-refractivity contribution in [2.24, 2.45) is 5.41 Å². The van der Waals surface area contributed by atoms with Crippen LogP contribution in [0.4, 0.5) is 0 Å². The SMILES string of the molecule is COc1cc(C(=O)N2CCC3(CCCNC3=O)C2)ccn1. The second-order valence-electron chi connectivity index (χ2n) is 5.70. The number of likely N-dealkylation sites (tertiary alicyclic amines) is 1. The lowest BCUT2D eigenvalue weighted by Gasteiger charge is -2.32. The highest BCUT2D eigenvalue weighted by atomic mass is 16.5. The van der Waals surface area contributed by atoms with Crippen LogP contribution in [-0.2, 0) is 4.79 Å². The Morgan fingerprint density at radius 2 is 2.33 bits per heavy atom. The van der Waals surface area contributed by atoms with Gasteiger partial charge in [-0.15, -0.1) is 0 Å². The van der Waals surface area contributed by atoms with E-state index in [2.05, 4.69) is 10.3 Å². The number of ether oxygens (including phenoxy) is 1. The van der Waals surface area contributed by atoms with Gasteiger partial charge in [-0.05, 0) is 25.3 Å². The monoisotopic (exact) mass is 289 g/mol. The minimum absolute atomic E-state index is 0.0639. The van der Waals surface area contributed by atoms with Crippen molar-refractivity contribution in [3.8, 4) is 5.88 Å². The highest BCUT2D eigenvalue weighted by Crippen LogP contribution is 2.37. The zero-order valence-electron chi connectivity index (χ0n) is 12.1. The fourth-order valence-corrected chi connectivity index (χ4v) is 3.20. The Kier molecular flexibility index (Phi) is 3.53. The summed E-state index contributed by atoms with van der Waals surface area (Å²) >= 11 is 0. The highest BCUT2D eigenvalue weighted by Gasteiger charge is 2.46. The summed E-state index contributed by atoms with van der Waals surface area (Å²) < 4.78 is 5.05. The zero-order valence-corrected chi connectivity index (χ0v) is 12.1. The predicted octanol–water partition coefficient (Wildman–Crippen LogP) is 0.832. The Morgan fingerprint density at radius 3 is 3.10 bits per heavy atom. The lowest BCUT2D eigenvalue weighted by atomic mass is 9.79. The van der Waals surface area contributed by atoms with Crippen molar-refractivity contribution in [2.75, 3.05) is 26.7 Å². The molecule has 1 spiro atoms. The maximum Gasteiger partial charge on any atom is 0.254 e. The van der Waals surface area contributed by atoms with Crippen molar-refractivity contribution in [2.45, 2.75) is 19.3 Å². The molecule has 0 aliphatic carbocycles. The van der Waals surface area contributed by atoms with Crippen molar-refractivity contribution < 1.29 is 14.3 Å². The Morgan fingerprint density at radius 1 is 1.48 bits per heavy atom. The predicted molar refractivity (Wildman–Crippen MR) is 76.0 cm³/mol. The molecule has 1 atom stereocenters. The Balaban J connectivity index is 1.76. The number of nitrogens with one attached hydrogen (secondary N) is 1. The smallest absolute Gasteiger partial charge is 0.254 e. The Hall–Kier alpha value is -2.11. The van der Waals surface area contributed by atoms with Gasteiger partial charge in [0.25, 0.3) is 5.91 Å². The summed E-state index contributed by atoms with van der Waals surface area (Å²) in [6, 6.07) is 3.31. The molecular weight excluding hydrogens is 270 g/mol. The first-order valence-electron chi connectivity index (χ1n) is 7.22. The van der Waals surface area contributed by atoms with E-state index in [1.807, 2.05) is 0 Å². The molecule has 6 heteroatoms. The number of carbonyl (C=O) groups excluding carboxylic acids is 2. The highest BCUT2D eigenvalue weighted by molar-refractivity contribution is 5.95. The summed E-state index contributed by atoms with van der Waals surface area (Å²) in [4.78, 5) is 30.5. The third-order valence-electron chi connectivity index (χ3n) is 4.43. The number of hydrogen-bond acceptors (Lipinski definition) is 4. The number of methoxy groups -OCH3 is 1. The largest absolute Gasteiger partial charge is 0.481 e. The van der Waals surface area contributed by atoms with Crippen LogP contribution in [0.25, 0.3) is 0 Å². The van der Waals surface area contributed by atoms with E-state index in [1.165, 1.54) is 7.11 Å². The average Bonchev–Trinajstić information content (AvgIpc) is 2.95. The molecule has 3 heterocycles. The van der Waals surface area contributed by atoms with Gasteiger partial charge in [0.15, 0.2) is 0 Å². The second kappa shape index (κ2) is 5.35. The van der Waals surface area contributed by atoms with E-state index >= 15 is 0 Å². The normalized spacial score (nSPS) is 25.0. The van der Waals surface area contributed by atoms with Crippen LogP contribution in [0, 0.1) is 5.41 Å². The molecule has 0 saturated carbocycles. The van der Waals surface area contributed by atoms with Crippen LogP contribution >= 0.6 is 0 Å². The van der Waals surface area contributed by atoms with E-state index in [4.69, 9.17) is 4.74 Å². The number of carbonyl (C=O) groups is 2. The van der Waals surface area contributed by atoms with Crippen molar-refractivity contribution in [3.05, 3.63) is 23.9 Å². The van der Waals surface area contributed by atoms with Gasteiger partial charge in [-0.3, -0.25) is 9.59 Å². The first kappa shape index (κ1) is 13.9. The molecule has 1 aromatic heterocycles. The lowest BCUT2D eigenvalue weighted by Crippen LogP contribution is -2.47. The summed E-state index contributed by atoms with van der Waals surface area (Å²) in [5.41, 5.74) is 0.167. The molecule has 1 aromatic rings. The first-order chi connectivity index (χ1) is 10.1. The molecule has 112 valence electrons. The summed E-state index contributed by atoms with van der Waals surface area (Å²) in [5, 5.41) is 2.93. The molecule has 1 unspecified atom stereocenters. The van der Waals surface area contributed by atoms with E-state index in [0.29, 0.717) is 24.5 Å². The number of rotatable bonds is 2. The zero-order chi connectivity index (χ0) is 14.9. The summed E-state index contributed by atoms with van der Waals surface area (Å²) in [5.74, 6) is 0.451. The molecule has 1 N–H and O–H groups in total. The van der Waals surface area contributed by atoms with Crippen LogP contribution in [0.15, 0.2) is 18.3 Å². The molecule has 2 amide bonds. The number of hydrogen-bond donors (Lipinski definition) is 1. The van der Waals surface area contributed by atoms with Crippen LogP contribution in [0.5, 0.6) is 5.88 Å². The molecule has 21 heavy (non-hydrogen) atoms. The molecule has 6 nitrogen and oxygen atoms in total. The van der Waals surface area contributed by atoms with Crippen LogP contribution in [0.2, 0.25) is 0 Å². The van der Waals surface area contributed by atoms with Gasteiger partial charge in [0, 0.05) is 37.5 Å². The molecule has 3 rings (SSSR count). The molecular formula is C15H19N3O3. The molecule has 2 fully saturated rings. The van der Waals surface area contributed by atoms with Gasteiger partial charge in [0.2, 0.25) is 11.8 Å². The third kappa shape index (κ3) is 2.46. The van der Waals surface area contributed by atoms with Gasteiger partial charge < -0.3 is 15.0 Å². The number of amides is 2. The van der Waals surface area contributed by atoms with Crippen molar-refractivity contribution >= 4 is 11.8 Å². The maximum atomic E-state index is 12.6. The van der Waals surface area contributed by atoms with Crippen molar-refractivity contribution in [1.29, 1.82) is 0 Å². The molecule has 2 saturated heterocycles. The van der Waals surface area contributed by atoms with Gasteiger partial charge in [0.05, 0.1) is 12.5 Å². The number of pyridine rings is 1. The van der Waals surface area contributed by atoms with E-state index in [1.54, 1.807) is 23.2 Å². The number of nitrogens with zero attached hydrogens (tertiary/aromatic N) is 2. The minimum Gasteiger partial charge on any atom is -0.481 e. The molecule has 2 aliphatic heterocycles. The molecule has 0 bridgehead atoms. The number of piperidine rings is 1. The second-order valence-corrected chi connectivity index (χ2v) is 5.70. The quantitative estimate of drug-likeness (QED) is 0.875. The summed E-state index contributed by atoms with van der Waals surface area (Å²) in [6.45, 7) is 1.87. The van der Waals surface area contributed by atoms with Crippen LogP contribution in [0.1, 0.15) is 29.6 Å². The Labute approximate surface area is 123 Å². The van der Waals surface area contributed by atoms with E-state index in [0.717, 1.165) is 25.8 Å². The van der Waals surface area contributed by atoms with E-state index in [-0.39, 0.29) is 17.2 Å². The van der Waals surface area contributed by atoms with Crippen LogP contribution in [-0.4, -0.2) is 48.4 Å². The standard InChI is InChI=1S/C15H19N3O3/c1-21-12-9-11(3-7-16-12)13(19)18-8-5-15(10-18)4-2-6-17-14(15)20/h3,7,9H,2,4-6,8,10H2,1H3,(H,17,20). The van der Waals surface area contributed by atoms with Gasteiger partial charge in [0.1, 0.15) is 0 Å². The van der Waals surface area contributed by atoms with Crippen LogP contribution in [0.3, 0.4) is 0 Å². The van der Waals surface area contributed by atoms with Gasteiger partial charge >= 0.3 is 0 Å². The van der Waals surface area contributed by atoms with Gasteiger partial charge in [-0.2, -0.15) is 0 Å². The van der Waals surface area contributed by atoms with E-state index < -0.39 is 0 Å². The molecule has 0 radical (unpaired) electrons. The maximum absolute atomic E-state index is 12.6. The fourth-order valence-electron chi connectivity index (χ4n) is 3.20.